The first-order chi connectivity index (χ1) is 31.0. The largest absolute Gasteiger partial charge is 0.462 e. The van der Waals surface area contributed by atoms with Crippen molar-refractivity contribution in [2.24, 2.45) is 0 Å². The summed E-state index contributed by atoms with van der Waals surface area (Å²) in [5.74, 6) is -1.09. The van der Waals surface area contributed by atoms with Crippen LogP contribution in [0.25, 0.3) is 0 Å². The zero-order valence-electron chi connectivity index (χ0n) is 40.8. The van der Waals surface area contributed by atoms with Gasteiger partial charge in [-0.05, 0) is 83.5 Å². The molecule has 0 fully saturated rings. The Kier molecular flexibility index (Phi) is 48.0. The van der Waals surface area contributed by atoms with E-state index < -0.39 is 12.1 Å². The molecule has 0 rings (SSSR count). The molecule has 0 radical (unpaired) electrons. The molecule has 0 aromatic carbocycles. The molecular formula is C57H94O6. The van der Waals surface area contributed by atoms with Crippen molar-refractivity contribution in [1.29, 1.82) is 0 Å². The van der Waals surface area contributed by atoms with Gasteiger partial charge in [-0.15, -0.1) is 0 Å². The predicted octanol–water partition coefficient (Wildman–Crippen LogP) is 17.0. The van der Waals surface area contributed by atoms with Crippen LogP contribution in [0.15, 0.2) is 97.2 Å². The second-order valence-electron chi connectivity index (χ2n) is 16.8. The van der Waals surface area contributed by atoms with Gasteiger partial charge in [-0.1, -0.05) is 221 Å². The average Bonchev–Trinajstić information content (AvgIpc) is 3.28. The van der Waals surface area contributed by atoms with Crippen LogP contribution in [0.1, 0.15) is 226 Å². The Labute approximate surface area is 387 Å². The molecular weight excluding hydrogens is 781 g/mol. The minimum absolute atomic E-state index is 0.123. The van der Waals surface area contributed by atoms with E-state index in [0.717, 1.165) is 103 Å². The highest BCUT2D eigenvalue weighted by molar-refractivity contribution is 5.72. The fourth-order valence-electron chi connectivity index (χ4n) is 6.79. The summed E-state index contributed by atoms with van der Waals surface area (Å²) in [5, 5.41) is 0. The van der Waals surface area contributed by atoms with Gasteiger partial charge in [-0.3, -0.25) is 14.4 Å². The van der Waals surface area contributed by atoms with Crippen molar-refractivity contribution in [2.45, 2.75) is 232 Å². The van der Waals surface area contributed by atoms with Crippen LogP contribution in [0, 0.1) is 0 Å². The van der Waals surface area contributed by atoms with Crippen molar-refractivity contribution in [3.05, 3.63) is 97.2 Å². The number of unbranched alkanes of at least 4 members (excludes halogenated alkanes) is 22. The third kappa shape index (κ3) is 49.2. The quantitative estimate of drug-likeness (QED) is 0.0199. The molecule has 63 heavy (non-hydrogen) atoms. The third-order valence-electron chi connectivity index (χ3n) is 10.7. The Morgan fingerprint density at radius 1 is 0.365 bits per heavy atom. The minimum Gasteiger partial charge on any atom is -0.462 e. The van der Waals surface area contributed by atoms with E-state index in [1.807, 2.05) is 6.08 Å². The highest BCUT2D eigenvalue weighted by atomic mass is 16.6. The number of hydrogen-bond donors (Lipinski definition) is 0. The molecule has 6 nitrogen and oxygen atoms in total. The van der Waals surface area contributed by atoms with E-state index in [1.54, 1.807) is 6.08 Å². The van der Waals surface area contributed by atoms with E-state index >= 15 is 0 Å². The minimum atomic E-state index is -0.830. The van der Waals surface area contributed by atoms with E-state index in [4.69, 9.17) is 14.2 Å². The van der Waals surface area contributed by atoms with E-state index in [1.165, 1.54) is 83.5 Å². The summed E-state index contributed by atoms with van der Waals surface area (Å²) in [6.07, 6.45) is 67.1. The first-order valence-electron chi connectivity index (χ1n) is 25.8. The molecule has 6 heteroatoms. The van der Waals surface area contributed by atoms with Gasteiger partial charge >= 0.3 is 17.9 Å². The number of rotatable bonds is 45. The Morgan fingerprint density at radius 2 is 0.730 bits per heavy atom. The molecule has 0 amide bonds. The van der Waals surface area contributed by atoms with Crippen LogP contribution in [0.4, 0.5) is 0 Å². The van der Waals surface area contributed by atoms with Gasteiger partial charge in [0, 0.05) is 12.8 Å². The molecule has 0 saturated carbocycles. The highest BCUT2D eigenvalue weighted by Crippen LogP contribution is 2.13. The molecule has 0 heterocycles. The maximum Gasteiger partial charge on any atom is 0.309 e. The zero-order valence-corrected chi connectivity index (χ0v) is 40.8. The lowest BCUT2D eigenvalue weighted by atomic mass is 10.1. The summed E-state index contributed by atoms with van der Waals surface area (Å²) in [7, 11) is 0. The molecule has 0 aliphatic heterocycles. The average molecular weight is 875 g/mol. The van der Waals surface area contributed by atoms with Crippen molar-refractivity contribution >= 4 is 17.9 Å². The van der Waals surface area contributed by atoms with Crippen LogP contribution in [-0.2, 0) is 28.6 Å². The SMILES string of the molecule is CC/C=C\C/C=C\C/C=C\CC(=O)OCC(COC(=O)CCCCCCC\C=C/C=C\C=C/CCCCCCC)OC(=O)CCCCCCC/C=C\C=C/CCCCCCCCC. The Balaban J connectivity index is 4.45. The molecule has 0 aliphatic carbocycles. The van der Waals surface area contributed by atoms with Gasteiger partial charge in [0.25, 0.3) is 0 Å². The fraction of sp³-hybridized carbons (Fsp3) is 0.667. The van der Waals surface area contributed by atoms with Crippen LogP contribution in [0.5, 0.6) is 0 Å². The Hall–Kier alpha value is -3.67. The summed E-state index contributed by atoms with van der Waals surface area (Å²) in [6.45, 7) is 6.36. The number of carbonyl (C=O) groups is 3. The van der Waals surface area contributed by atoms with Crippen molar-refractivity contribution < 1.29 is 28.6 Å². The molecule has 0 aliphatic rings. The molecule has 1 unspecified atom stereocenters. The second-order valence-corrected chi connectivity index (χ2v) is 16.8. The number of esters is 3. The monoisotopic (exact) mass is 875 g/mol. The molecule has 0 N–H and O–H groups in total. The lowest BCUT2D eigenvalue weighted by Gasteiger charge is -2.18. The van der Waals surface area contributed by atoms with Gasteiger partial charge in [0.15, 0.2) is 6.10 Å². The van der Waals surface area contributed by atoms with E-state index in [2.05, 4.69) is 106 Å². The van der Waals surface area contributed by atoms with Crippen LogP contribution < -0.4 is 0 Å². The van der Waals surface area contributed by atoms with Crippen LogP contribution in [-0.4, -0.2) is 37.2 Å². The molecule has 0 bridgehead atoms. The number of ether oxygens (including phenoxy) is 3. The van der Waals surface area contributed by atoms with Gasteiger partial charge in [0.2, 0.25) is 0 Å². The normalized spacial score (nSPS) is 12.9. The van der Waals surface area contributed by atoms with Gasteiger partial charge in [0.1, 0.15) is 13.2 Å². The van der Waals surface area contributed by atoms with Crippen molar-refractivity contribution in [1.82, 2.24) is 0 Å². The highest BCUT2D eigenvalue weighted by Gasteiger charge is 2.19. The summed E-state index contributed by atoms with van der Waals surface area (Å²) >= 11 is 0. The molecule has 1 atom stereocenters. The fourth-order valence-corrected chi connectivity index (χ4v) is 6.79. The number of allylic oxidation sites excluding steroid dienone is 15. The van der Waals surface area contributed by atoms with Gasteiger partial charge in [0.05, 0.1) is 6.42 Å². The zero-order chi connectivity index (χ0) is 45.8. The Morgan fingerprint density at radius 3 is 1.19 bits per heavy atom. The van der Waals surface area contributed by atoms with Crippen molar-refractivity contribution in [3.63, 3.8) is 0 Å². The molecule has 358 valence electrons. The third-order valence-corrected chi connectivity index (χ3v) is 10.7. The molecule has 0 spiro atoms. The number of hydrogen-bond acceptors (Lipinski definition) is 6. The number of carbonyl (C=O) groups excluding carboxylic acids is 3. The first kappa shape index (κ1) is 59.3. The van der Waals surface area contributed by atoms with E-state index in [9.17, 15) is 14.4 Å². The lowest BCUT2D eigenvalue weighted by molar-refractivity contribution is -0.166. The summed E-state index contributed by atoms with van der Waals surface area (Å²) < 4.78 is 16.6. The van der Waals surface area contributed by atoms with E-state index in [0.29, 0.717) is 6.42 Å². The van der Waals surface area contributed by atoms with Crippen LogP contribution in [0.2, 0.25) is 0 Å². The first-order valence-corrected chi connectivity index (χ1v) is 25.8. The maximum atomic E-state index is 12.8. The van der Waals surface area contributed by atoms with Gasteiger partial charge < -0.3 is 14.2 Å². The topological polar surface area (TPSA) is 78.9 Å². The standard InChI is InChI=1S/C57H94O6/c1-4-7-10-13-16-19-21-23-25-27-29-31-33-35-38-41-44-47-50-56(59)62-53-54(52-61-55(58)49-46-43-40-37-18-15-12-9-6-3)63-57(60)51-48-45-42-39-36-34-32-30-28-26-24-22-20-17-14-11-8-5-2/h9,12,18,21,23,25-32,37,43,46,54H,4-8,10-11,13-17,19-20,22,24,33-36,38-42,44-45,47-53H2,1-3H3/b12-9-,23-21-,27-25-,28-26-,31-29-,32-30-,37-18-,46-43-. The van der Waals surface area contributed by atoms with Gasteiger partial charge in [-0.25, -0.2) is 0 Å². The predicted molar refractivity (Wildman–Crippen MR) is 270 cm³/mol. The molecule has 0 aromatic heterocycles. The maximum absolute atomic E-state index is 12.8. The second kappa shape index (κ2) is 51.0. The van der Waals surface area contributed by atoms with Crippen molar-refractivity contribution in [3.8, 4) is 0 Å². The summed E-state index contributed by atoms with van der Waals surface area (Å²) in [5.41, 5.74) is 0. The van der Waals surface area contributed by atoms with Crippen molar-refractivity contribution in [2.75, 3.05) is 13.2 Å². The molecule has 0 aromatic rings. The summed E-state index contributed by atoms with van der Waals surface area (Å²) in [4.78, 5) is 37.8. The Bertz CT molecular complexity index is 1280. The van der Waals surface area contributed by atoms with Crippen LogP contribution in [0.3, 0.4) is 0 Å². The van der Waals surface area contributed by atoms with Crippen LogP contribution >= 0.6 is 0 Å². The van der Waals surface area contributed by atoms with Gasteiger partial charge in [-0.2, -0.15) is 0 Å². The summed E-state index contributed by atoms with van der Waals surface area (Å²) in [6, 6.07) is 0. The molecule has 0 saturated heterocycles. The van der Waals surface area contributed by atoms with E-state index in [-0.39, 0.29) is 38.0 Å². The lowest BCUT2D eigenvalue weighted by Crippen LogP contribution is -2.30. The smallest absolute Gasteiger partial charge is 0.309 e.